The van der Waals surface area contributed by atoms with E-state index in [4.69, 9.17) is 5.14 Å². The molecule has 120 valence electrons. The molecular formula is C12H26N2O4S2. The lowest BCUT2D eigenvalue weighted by molar-refractivity contribution is 0.318. The predicted octanol–water partition coefficient (Wildman–Crippen LogP) is 0.943. The molecule has 1 unspecified atom stereocenters. The van der Waals surface area contributed by atoms with Crippen molar-refractivity contribution in [1.29, 1.82) is 0 Å². The largest absolute Gasteiger partial charge is 0.229 e. The molecule has 1 rings (SSSR count). The second-order valence-corrected chi connectivity index (χ2v) is 9.34. The van der Waals surface area contributed by atoms with Crippen LogP contribution in [0.2, 0.25) is 0 Å². The van der Waals surface area contributed by atoms with Crippen molar-refractivity contribution in [3.63, 3.8) is 0 Å². The summed E-state index contributed by atoms with van der Waals surface area (Å²) in [5.74, 6) is 0.451. The second-order valence-electron chi connectivity index (χ2n) is 5.82. The van der Waals surface area contributed by atoms with E-state index in [0.717, 1.165) is 12.7 Å². The predicted molar refractivity (Wildman–Crippen MR) is 80.2 cm³/mol. The molecule has 0 aromatic carbocycles. The number of hydrogen-bond donors (Lipinski definition) is 2. The normalized spacial score (nSPS) is 19.9. The Balaban J connectivity index is 2.48. The van der Waals surface area contributed by atoms with Gasteiger partial charge in [0.25, 0.3) is 0 Å². The third-order valence-electron chi connectivity index (χ3n) is 3.78. The first kappa shape index (κ1) is 17.9. The molecule has 0 bridgehead atoms. The molecule has 1 atom stereocenters. The lowest BCUT2D eigenvalue weighted by Gasteiger charge is -2.24. The molecule has 1 aliphatic rings. The van der Waals surface area contributed by atoms with E-state index in [2.05, 4.69) is 4.72 Å². The fourth-order valence-corrected chi connectivity index (χ4v) is 4.24. The summed E-state index contributed by atoms with van der Waals surface area (Å²) in [6, 6.07) is -0.342. The Morgan fingerprint density at radius 3 is 2.20 bits per heavy atom. The van der Waals surface area contributed by atoms with Gasteiger partial charge in [-0.25, -0.2) is 26.7 Å². The second kappa shape index (κ2) is 7.72. The first-order valence-electron chi connectivity index (χ1n) is 7.13. The van der Waals surface area contributed by atoms with Gasteiger partial charge in [-0.05, 0) is 25.2 Å². The van der Waals surface area contributed by atoms with E-state index in [9.17, 15) is 16.8 Å². The van der Waals surface area contributed by atoms with E-state index in [-0.39, 0.29) is 18.2 Å². The average molecular weight is 326 g/mol. The maximum Gasteiger partial charge on any atom is 0.209 e. The van der Waals surface area contributed by atoms with Crippen LogP contribution in [0.25, 0.3) is 0 Å². The molecule has 8 heteroatoms. The van der Waals surface area contributed by atoms with Crippen molar-refractivity contribution in [3.05, 3.63) is 0 Å². The van der Waals surface area contributed by atoms with Crippen molar-refractivity contribution in [2.75, 3.05) is 12.0 Å². The van der Waals surface area contributed by atoms with Crippen molar-refractivity contribution in [1.82, 2.24) is 4.72 Å². The quantitative estimate of drug-likeness (QED) is 0.692. The Kier molecular flexibility index (Phi) is 6.90. The Bertz CT molecular complexity index is 482. The number of nitrogens with two attached hydrogens (primary N) is 1. The van der Waals surface area contributed by atoms with Gasteiger partial charge in [-0.1, -0.05) is 32.1 Å². The number of primary sulfonamides is 1. The summed E-state index contributed by atoms with van der Waals surface area (Å²) < 4.78 is 47.2. The van der Waals surface area contributed by atoms with Crippen LogP contribution in [-0.2, 0) is 20.0 Å². The Labute approximate surface area is 122 Å². The molecule has 0 heterocycles. The summed E-state index contributed by atoms with van der Waals surface area (Å²) in [5.41, 5.74) is 0. The molecule has 0 amide bonds. The first-order valence-corrected chi connectivity index (χ1v) is 10.7. The highest BCUT2D eigenvalue weighted by Gasteiger charge is 2.20. The minimum absolute atomic E-state index is 0.190. The van der Waals surface area contributed by atoms with E-state index >= 15 is 0 Å². The highest BCUT2D eigenvalue weighted by Crippen LogP contribution is 2.28. The zero-order valence-electron chi connectivity index (χ0n) is 12.0. The Morgan fingerprint density at radius 2 is 1.70 bits per heavy atom. The summed E-state index contributed by atoms with van der Waals surface area (Å²) in [5, 5.41) is 4.98. The van der Waals surface area contributed by atoms with Gasteiger partial charge in [-0.3, -0.25) is 0 Å². The molecular weight excluding hydrogens is 300 g/mol. The van der Waals surface area contributed by atoms with E-state index < -0.39 is 20.0 Å². The average Bonchev–Trinajstić information content (AvgIpc) is 2.31. The molecule has 0 aromatic heterocycles. The number of sulfonamides is 2. The van der Waals surface area contributed by atoms with Crippen LogP contribution in [0, 0.1) is 5.92 Å². The van der Waals surface area contributed by atoms with Gasteiger partial charge in [-0.15, -0.1) is 0 Å². The van der Waals surface area contributed by atoms with Gasteiger partial charge in [0, 0.05) is 6.04 Å². The van der Waals surface area contributed by atoms with Gasteiger partial charge < -0.3 is 0 Å². The van der Waals surface area contributed by atoms with Crippen molar-refractivity contribution in [2.45, 2.75) is 57.4 Å². The molecule has 0 spiro atoms. The van der Waals surface area contributed by atoms with E-state index in [1.54, 1.807) is 0 Å². The van der Waals surface area contributed by atoms with Crippen LogP contribution in [0.1, 0.15) is 51.4 Å². The SMILES string of the molecule is CS(=O)(=O)NC(CCC1CCCCC1)CCS(N)(=O)=O. The lowest BCUT2D eigenvalue weighted by atomic mass is 9.85. The highest BCUT2D eigenvalue weighted by atomic mass is 32.2. The van der Waals surface area contributed by atoms with E-state index in [1.807, 2.05) is 0 Å². The standard InChI is InChI=1S/C12H26N2O4S2/c1-19(15,16)14-12(9-10-20(13,17)18)8-7-11-5-3-2-4-6-11/h11-12,14H,2-10H2,1H3,(H2,13,17,18). The molecule has 0 saturated heterocycles. The summed E-state index contributed by atoms with van der Waals surface area (Å²) in [7, 11) is -6.88. The van der Waals surface area contributed by atoms with E-state index in [0.29, 0.717) is 12.3 Å². The third kappa shape index (κ3) is 8.89. The van der Waals surface area contributed by atoms with Crippen molar-refractivity contribution >= 4 is 20.0 Å². The fraction of sp³-hybridized carbons (Fsp3) is 1.00. The third-order valence-corrected chi connectivity index (χ3v) is 5.35. The summed E-state index contributed by atoms with van der Waals surface area (Å²) >= 11 is 0. The minimum atomic E-state index is -3.55. The van der Waals surface area contributed by atoms with Crippen LogP contribution in [0.3, 0.4) is 0 Å². The number of rotatable bonds is 8. The van der Waals surface area contributed by atoms with Crippen LogP contribution in [0.15, 0.2) is 0 Å². The molecule has 1 saturated carbocycles. The summed E-state index contributed by atoms with van der Waals surface area (Å²) in [6.07, 6.45) is 9.10. The van der Waals surface area contributed by atoms with Gasteiger partial charge >= 0.3 is 0 Å². The van der Waals surface area contributed by atoms with Crippen LogP contribution in [0.5, 0.6) is 0 Å². The van der Waals surface area contributed by atoms with Crippen LogP contribution in [-0.4, -0.2) is 34.9 Å². The molecule has 6 nitrogen and oxygen atoms in total. The minimum Gasteiger partial charge on any atom is -0.229 e. The molecule has 1 fully saturated rings. The fourth-order valence-electron chi connectivity index (χ4n) is 2.78. The van der Waals surface area contributed by atoms with Crippen molar-refractivity contribution < 1.29 is 16.8 Å². The molecule has 20 heavy (non-hydrogen) atoms. The first-order chi connectivity index (χ1) is 9.16. The number of nitrogens with one attached hydrogen (secondary N) is 1. The van der Waals surface area contributed by atoms with Crippen molar-refractivity contribution in [3.8, 4) is 0 Å². The zero-order chi connectivity index (χ0) is 15.2. The Morgan fingerprint density at radius 1 is 1.10 bits per heavy atom. The van der Waals surface area contributed by atoms with Crippen molar-refractivity contribution in [2.24, 2.45) is 11.1 Å². The maximum absolute atomic E-state index is 11.3. The molecule has 0 aromatic rings. The number of hydrogen-bond acceptors (Lipinski definition) is 4. The van der Waals surface area contributed by atoms with Gasteiger partial charge in [0.2, 0.25) is 20.0 Å². The topological polar surface area (TPSA) is 106 Å². The highest BCUT2D eigenvalue weighted by molar-refractivity contribution is 7.89. The van der Waals surface area contributed by atoms with Crippen LogP contribution in [0.4, 0.5) is 0 Å². The molecule has 3 N–H and O–H groups in total. The monoisotopic (exact) mass is 326 g/mol. The smallest absolute Gasteiger partial charge is 0.209 e. The Hall–Kier alpha value is -0.180. The van der Waals surface area contributed by atoms with Crippen LogP contribution < -0.4 is 9.86 Å². The van der Waals surface area contributed by atoms with Gasteiger partial charge in [0.1, 0.15) is 0 Å². The summed E-state index contributed by atoms with van der Waals surface area (Å²) in [6.45, 7) is 0. The van der Waals surface area contributed by atoms with Gasteiger partial charge in [-0.2, -0.15) is 0 Å². The van der Waals surface area contributed by atoms with E-state index in [1.165, 1.54) is 32.1 Å². The summed E-state index contributed by atoms with van der Waals surface area (Å²) in [4.78, 5) is 0. The van der Waals surface area contributed by atoms with Gasteiger partial charge in [0.15, 0.2) is 0 Å². The van der Waals surface area contributed by atoms with Gasteiger partial charge in [0.05, 0.1) is 12.0 Å². The lowest BCUT2D eigenvalue weighted by Crippen LogP contribution is -2.36. The van der Waals surface area contributed by atoms with Crippen LogP contribution >= 0.6 is 0 Å². The maximum atomic E-state index is 11.3. The molecule has 1 aliphatic carbocycles. The molecule has 0 radical (unpaired) electrons. The zero-order valence-corrected chi connectivity index (χ0v) is 13.7. The molecule has 0 aliphatic heterocycles.